The molecule has 0 aromatic carbocycles. The van der Waals surface area contributed by atoms with Crippen molar-refractivity contribution in [2.75, 3.05) is 6.54 Å². The summed E-state index contributed by atoms with van der Waals surface area (Å²) in [7, 11) is 0. The second-order valence-electron chi connectivity index (χ2n) is 4.52. The lowest BCUT2D eigenvalue weighted by Gasteiger charge is -2.19. The van der Waals surface area contributed by atoms with Crippen molar-refractivity contribution in [2.24, 2.45) is 0 Å². The lowest BCUT2D eigenvalue weighted by Crippen LogP contribution is -2.32. The number of rotatable bonds is 8. The molecule has 1 heterocycles. The van der Waals surface area contributed by atoms with Crippen molar-refractivity contribution in [1.29, 1.82) is 0 Å². The van der Waals surface area contributed by atoms with E-state index >= 15 is 0 Å². The molecule has 1 atom stereocenters. The fourth-order valence-corrected chi connectivity index (χ4v) is 1.86. The highest BCUT2D eigenvalue weighted by molar-refractivity contribution is 5.11. The molecule has 1 unspecified atom stereocenters. The standard InChI is InChI=1S/C15H24N2/c1-4-8-17-15(10-13(3)5-2)11-14-7-6-9-16-12-14/h6-7,9,12,15,17H,3-5,8,10-11H2,1-2H3. The van der Waals surface area contributed by atoms with Crippen LogP contribution in [0, 0.1) is 0 Å². The van der Waals surface area contributed by atoms with E-state index < -0.39 is 0 Å². The average Bonchev–Trinajstić information content (AvgIpc) is 2.37. The van der Waals surface area contributed by atoms with Crippen molar-refractivity contribution < 1.29 is 0 Å². The fourth-order valence-electron chi connectivity index (χ4n) is 1.86. The molecule has 1 N–H and O–H groups in total. The smallest absolute Gasteiger partial charge is 0.0300 e. The zero-order valence-corrected chi connectivity index (χ0v) is 11.1. The molecule has 94 valence electrons. The minimum Gasteiger partial charge on any atom is -0.313 e. The van der Waals surface area contributed by atoms with Crippen molar-refractivity contribution in [3.63, 3.8) is 0 Å². The van der Waals surface area contributed by atoms with E-state index in [0.29, 0.717) is 6.04 Å². The number of hydrogen-bond donors (Lipinski definition) is 1. The molecule has 1 rings (SSSR count). The summed E-state index contributed by atoms with van der Waals surface area (Å²) >= 11 is 0. The first-order valence-corrected chi connectivity index (χ1v) is 6.55. The second-order valence-corrected chi connectivity index (χ2v) is 4.52. The summed E-state index contributed by atoms with van der Waals surface area (Å²) in [5, 5.41) is 3.59. The van der Waals surface area contributed by atoms with E-state index in [9.17, 15) is 0 Å². The van der Waals surface area contributed by atoms with Gasteiger partial charge in [-0.25, -0.2) is 0 Å². The van der Waals surface area contributed by atoms with Gasteiger partial charge in [0.25, 0.3) is 0 Å². The molecule has 0 aliphatic rings. The van der Waals surface area contributed by atoms with Crippen LogP contribution in [0.25, 0.3) is 0 Å². The van der Waals surface area contributed by atoms with Gasteiger partial charge in [-0.3, -0.25) is 4.98 Å². The maximum absolute atomic E-state index is 4.17. The Labute approximate surface area is 105 Å². The lowest BCUT2D eigenvalue weighted by atomic mass is 9.99. The monoisotopic (exact) mass is 232 g/mol. The molecule has 0 radical (unpaired) electrons. The minimum atomic E-state index is 0.492. The summed E-state index contributed by atoms with van der Waals surface area (Å²) in [5.74, 6) is 0. The number of pyridine rings is 1. The predicted molar refractivity (Wildman–Crippen MR) is 74.1 cm³/mol. The lowest BCUT2D eigenvalue weighted by molar-refractivity contribution is 0.499. The molecule has 0 saturated heterocycles. The Morgan fingerprint density at radius 2 is 2.29 bits per heavy atom. The third-order valence-corrected chi connectivity index (χ3v) is 2.92. The number of nitrogens with zero attached hydrogens (tertiary/aromatic N) is 1. The Kier molecular flexibility index (Phi) is 6.56. The molecular formula is C15H24N2. The highest BCUT2D eigenvalue weighted by atomic mass is 14.9. The summed E-state index contributed by atoms with van der Waals surface area (Å²) in [6.07, 6.45) is 8.11. The largest absolute Gasteiger partial charge is 0.313 e. The maximum atomic E-state index is 4.17. The van der Waals surface area contributed by atoms with Crippen molar-refractivity contribution >= 4 is 0 Å². The van der Waals surface area contributed by atoms with Gasteiger partial charge >= 0.3 is 0 Å². The topological polar surface area (TPSA) is 24.9 Å². The van der Waals surface area contributed by atoms with E-state index in [0.717, 1.165) is 25.8 Å². The Balaban J connectivity index is 2.53. The van der Waals surface area contributed by atoms with Gasteiger partial charge in [-0.2, -0.15) is 0 Å². The Hall–Kier alpha value is -1.15. The summed E-state index contributed by atoms with van der Waals surface area (Å²) in [6, 6.07) is 4.63. The molecule has 0 aliphatic heterocycles. The van der Waals surface area contributed by atoms with Crippen LogP contribution in [0.4, 0.5) is 0 Å². The number of aromatic nitrogens is 1. The van der Waals surface area contributed by atoms with Crippen LogP contribution >= 0.6 is 0 Å². The van der Waals surface area contributed by atoms with Gasteiger partial charge in [-0.05, 0) is 43.9 Å². The van der Waals surface area contributed by atoms with Crippen LogP contribution in [-0.2, 0) is 6.42 Å². The van der Waals surface area contributed by atoms with Crippen LogP contribution in [0.2, 0.25) is 0 Å². The first-order chi connectivity index (χ1) is 8.26. The van der Waals surface area contributed by atoms with E-state index in [1.807, 2.05) is 18.5 Å². The van der Waals surface area contributed by atoms with E-state index in [2.05, 4.69) is 36.8 Å². The highest BCUT2D eigenvalue weighted by Gasteiger charge is 2.09. The minimum absolute atomic E-state index is 0.492. The molecule has 0 bridgehead atoms. The molecule has 2 heteroatoms. The average molecular weight is 232 g/mol. The molecule has 0 amide bonds. The third kappa shape index (κ3) is 5.64. The zero-order valence-electron chi connectivity index (χ0n) is 11.1. The van der Waals surface area contributed by atoms with Crippen LogP contribution in [0.5, 0.6) is 0 Å². The molecule has 0 spiro atoms. The van der Waals surface area contributed by atoms with Gasteiger partial charge in [0.05, 0.1) is 0 Å². The Bertz CT molecular complexity index is 319. The normalized spacial score (nSPS) is 12.4. The van der Waals surface area contributed by atoms with Gasteiger partial charge < -0.3 is 5.32 Å². The van der Waals surface area contributed by atoms with E-state index in [-0.39, 0.29) is 0 Å². The van der Waals surface area contributed by atoms with Crippen LogP contribution in [0.3, 0.4) is 0 Å². The molecule has 0 saturated carbocycles. The molecule has 1 aromatic heterocycles. The summed E-state index contributed by atoms with van der Waals surface area (Å²) in [5.41, 5.74) is 2.62. The fraction of sp³-hybridized carbons (Fsp3) is 0.533. The molecular weight excluding hydrogens is 208 g/mol. The quantitative estimate of drug-likeness (QED) is 0.695. The molecule has 2 nitrogen and oxygen atoms in total. The molecule has 0 fully saturated rings. The zero-order chi connectivity index (χ0) is 12.5. The van der Waals surface area contributed by atoms with Gasteiger partial charge in [0.15, 0.2) is 0 Å². The van der Waals surface area contributed by atoms with E-state index in [4.69, 9.17) is 0 Å². The van der Waals surface area contributed by atoms with Gasteiger partial charge in [-0.15, -0.1) is 0 Å². The van der Waals surface area contributed by atoms with Crippen molar-refractivity contribution in [1.82, 2.24) is 10.3 Å². The molecule has 0 aliphatic carbocycles. The first-order valence-electron chi connectivity index (χ1n) is 6.55. The Morgan fingerprint density at radius 1 is 1.47 bits per heavy atom. The second kappa shape index (κ2) is 8.02. The predicted octanol–water partition coefficient (Wildman–Crippen LogP) is 3.35. The van der Waals surface area contributed by atoms with Crippen molar-refractivity contribution in [3.8, 4) is 0 Å². The van der Waals surface area contributed by atoms with Crippen molar-refractivity contribution in [2.45, 2.75) is 45.6 Å². The highest BCUT2D eigenvalue weighted by Crippen LogP contribution is 2.11. The van der Waals surface area contributed by atoms with Crippen molar-refractivity contribution in [3.05, 3.63) is 42.2 Å². The van der Waals surface area contributed by atoms with E-state index in [1.165, 1.54) is 17.6 Å². The molecule has 1 aromatic rings. The maximum Gasteiger partial charge on any atom is 0.0300 e. The first kappa shape index (κ1) is 13.9. The van der Waals surface area contributed by atoms with Crippen LogP contribution in [0.15, 0.2) is 36.7 Å². The van der Waals surface area contributed by atoms with E-state index in [1.54, 1.807) is 0 Å². The third-order valence-electron chi connectivity index (χ3n) is 2.92. The van der Waals surface area contributed by atoms with Crippen LogP contribution in [-0.4, -0.2) is 17.6 Å². The van der Waals surface area contributed by atoms with Gasteiger partial charge in [0.2, 0.25) is 0 Å². The van der Waals surface area contributed by atoms with Gasteiger partial charge in [0.1, 0.15) is 0 Å². The van der Waals surface area contributed by atoms with Gasteiger partial charge in [-0.1, -0.05) is 32.1 Å². The van der Waals surface area contributed by atoms with Crippen LogP contribution in [0.1, 0.15) is 38.7 Å². The summed E-state index contributed by atoms with van der Waals surface area (Å²) in [4.78, 5) is 4.17. The summed E-state index contributed by atoms with van der Waals surface area (Å²) in [6.45, 7) is 9.55. The number of nitrogens with one attached hydrogen (secondary N) is 1. The van der Waals surface area contributed by atoms with Crippen LogP contribution < -0.4 is 5.32 Å². The molecule has 17 heavy (non-hydrogen) atoms. The number of hydrogen-bond acceptors (Lipinski definition) is 2. The van der Waals surface area contributed by atoms with Gasteiger partial charge in [0, 0.05) is 18.4 Å². The summed E-state index contributed by atoms with van der Waals surface area (Å²) < 4.78 is 0. The Morgan fingerprint density at radius 3 is 2.88 bits per heavy atom. The SMILES string of the molecule is C=C(CC)CC(Cc1cccnc1)NCCC.